The normalized spacial score (nSPS) is 15.8. The molecule has 1 saturated heterocycles. The molecule has 4 aromatic rings. The number of para-hydroxylation sites is 1. The maximum absolute atomic E-state index is 13.0. The second kappa shape index (κ2) is 9.19. The van der Waals surface area contributed by atoms with Crippen molar-refractivity contribution in [2.45, 2.75) is 31.7 Å². The zero-order valence-electron chi connectivity index (χ0n) is 18.5. The van der Waals surface area contributed by atoms with Crippen LogP contribution in [0.5, 0.6) is 11.5 Å². The van der Waals surface area contributed by atoms with Crippen LogP contribution in [0.15, 0.2) is 47.0 Å². The van der Waals surface area contributed by atoms with Crippen molar-refractivity contribution in [1.29, 1.82) is 0 Å². The number of carbonyl (C=O) groups excluding carboxylic acids is 1. The van der Waals surface area contributed by atoms with Crippen LogP contribution in [0, 0.1) is 0 Å². The van der Waals surface area contributed by atoms with Crippen LogP contribution in [0.3, 0.4) is 0 Å². The van der Waals surface area contributed by atoms with Crippen LogP contribution in [0.2, 0.25) is 0 Å². The maximum Gasteiger partial charge on any atom is 0.227 e. The fraction of sp³-hybridized carbons (Fsp3) is 0.333. The highest BCUT2D eigenvalue weighted by molar-refractivity contribution is 7.18. The Bertz CT molecular complexity index is 1250. The first kappa shape index (κ1) is 21.4. The molecule has 170 valence electrons. The molecule has 33 heavy (non-hydrogen) atoms. The van der Waals surface area contributed by atoms with E-state index >= 15 is 0 Å². The predicted molar refractivity (Wildman–Crippen MR) is 124 cm³/mol. The Morgan fingerprint density at radius 3 is 2.82 bits per heavy atom. The molecule has 2 aromatic carbocycles. The van der Waals surface area contributed by atoms with Crippen molar-refractivity contribution in [2.24, 2.45) is 0 Å². The third kappa shape index (κ3) is 4.28. The van der Waals surface area contributed by atoms with Crippen LogP contribution < -0.4 is 9.47 Å². The zero-order valence-corrected chi connectivity index (χ0v) is 19.3. The van der Waals surface area contributed by atoms with Gasteiger partial charge in [-0.2, -0.15) is 4.98 Å². The van der Waals surface area contributed by atoms with Crippen LogP contribution in [-0.4, -0.2) is 46.7 Å². The minimum absolute atomic E-state index is 0.0416. The van der Waals surface area contributed by atoms with Gasteiger partial charge in [-0.25, -0.2) is 4.98 Å². The molecule has 9 heteroatoms. The van der Waals surface area contributed by atoms with Crippen molar-refractivity contribution in [2.75, 3.05) is 20.8 Å². The molecule has 1 amide bonds. The van der Waals surface area contributed by atoms with E-state index in [9.17, 15) is 4.79 Å². The summed E-state index contributed by atoms with van der Waals surface area (Å²) < 4.78 is 17.2. The Balaban J connectivity index is 1.25. The first-order chi connectivity index (χ1) is 16.2. The van der Waals surface area contributed by atoms with E-state index in [4.69, 9.17) is 19.0 Å². The number of methoxy groups -OCH3 is 2. The van der Waals surface area contributed by atoms with Crippen molar-refractivity contribution in [3.63, 3.8) is 0 Å². The lowest BCUT2D eigenvalue weighted by Crippen LogP contribution is -2.30. The van der Waals surface area contributed by atoms with E-state index in [0.717, 1.165) is 40.2 Å². The molecule has 5 rings (SSSR count). The number of carbonyl (C=O) groups is 1. The Hall–Kier alpha value is -3.46. The number of fused-ring (bicyclic) bond motifs is 1. The van der Waals surface area contributed by atoms with Crippen molar-refractivity contribution in [3.8, 4) is 22.9 Å². The Kier molecular flexibility index (Phi) is 5.95. The molecule has 1 aliphatic rings. The third-order valence-corrected chi connectivity index (χ3v) is 6.97. The van der Waals surface area contributed by atoms with Crippen molar-refractivity contribution in [1.82, 2.24) is 20.0 Å². The van der Waals surface area contributed by atoms with Gasteiger partial charge in [-0.15, -0.1) is 11.3 Å². The number of likely N-dealkylation sites (tertiary alicyclic amines) is 1. The number of nitrogens with zero attached hydrogens (tertiary/aromatic N) is 4. The lowest BCUT2D eigenvalue weighted by Gasteiger charge is -2.22. The number of benzene rings is 2. The quantitative estimate of drug-likeness (QED) is 0.393. The lowest BCUT2D eigenvalue weighted by atomic mass is 10.2. The van der Waals surface area contributed by atoms with Gasteiger partial charge in [0.2, 0.25) is 17.6 Å². The SMILES string of the molecule is COc1ccc(-c2noc(CCC(=O)N3CCC[C@@H]3c3nc4ccccc4s3)n2)cc1OC. The molecular weight excluding hydrogens is 440 g/mol. The first-order valence-corrected chi connectivity index (χ1v) is 11.7. The van der Waals surface area contributed by atoms with E-state index in [-0.39, 0.29) is 11.9 Å². The summed E-state index contributed by atoms with van der Waals surface area (Å²) >= 11 is 1.67. The highest BCUT2D eigenvalue weighted by Crippen LogP contribution is 2.37. The number of aryl methyl sites for hydroxylation is 1. The average Bonchev–Trinajstić information content (AvgIpc) is 3.60. The fourth-order valence-electron chi connectivity index (χ4n) is 4.16. The molecular formula is C24H24N4O4S. The van der Waals surface area contributed by atoms with Gasteiger partial charge in [0.15, 0.2) is 11.5 Å². The van der Waals surface area contributed by atoms with Crippen molar-refractivity contribution >= 4 is 27.5 Å². The highest BCUT2D eigenvalue weighted by atomic mass is 32.1. The highest BCUT2D eigenvalue weighted by Gasteiger charge is 2.32. The number of thiazole rings is 1. The van der Waals surface area contributed by atoms with E-state index in [2.05, 4.69) is 16.2 Å². The molecule has 3 heterocycles. The van der Waals surface area contributed by atoms with Gasteiger partial charge >= 0.3 is 0 Å². The van der Waals surface area contributed by atoms with E-state index < -0.39 is 0 Å². The van der Waals surface area contributed by atoms with Gasteiger partial charge in [-0.05, 0) is 43.2 Å². The summed E-state index contributed by atoms with van der Waals surface area (Å²) in [6, 6.07) is 13.6. The van der Waals surface area contributed by atoms with Crippen LogP contribution in [0.1, 0.15) is 36.2 Å². The monoisotopic (exact) mass is 464 g/mol. The zero-order chi connectivity index (χ0) is 22.8. The largest absolute Gasteiger partial charge is 0.493 e. The van der Waals surface area contributed by atoms with Gasteiger partial charge in [0.1, 0.15) is 5.01 Å². The molecule has 0 bridgehead atoms. The predicted octanol–water partition coefficient (Wildman–Crippen LogP) is 4.66. The average molecular weight is 465 g/mol. The summed E-state index contributed by atoms with van der Waals surface area (Å²) in [5, 5.41) is 5.07. The molecule has 0 saturated carbocycles. The minimum atomic E-state index is 0.0416. The van der Waals surface area contributed by atoms with E-state index in [1.54, 1.807) is 37.7 Å². The van der Waals surface area contributed by atoms with E-state index in [1.165, 1.54) is 0 Å². The molecule has 0 unspecified atom stereocenters. The van der Waals surface area contributed by atoms with Gasteiger partial charge in [-0.3, -0.25) is 4.79 Å². The second-order valence-corrected chi connectivity index (χ2v) is 8.91. The molecule has 1 aliphatic heterocycles. The van der Waals surface area contributed by atoms with Gasteiger partial charge < -0.3 is 18.9 Å². The van der Waals surface area contributed by atoms with E-state index in [0.29, 0.717) is 36.1 Å². The van der Waals surface area contributed by atoms with Crippen LogP contribution in [-0.2, 0) is 11.2 Å². The molecule has 0 spiro atoms. The Morgan fingerprint density at radius 1 is 1.15 bits per heavy atom. The molecule has 2 aromatic heterocycles. The number of hydrogen-bond donors (Lipinski definition) is 0. The Labute approximate surface area is 195 Å². The number of rotatable bonds is 7. The Morgan fingerprint density at radius 2 is 2.00 bits per heavy atom. The fourth-order valence-corrected chi connectivity index (χ4v) is 5.28. The summed E-state index contributed by atoms with van der Waals surface area (Å²) in [5.74, 6) is 2.19. The van der Waals surface area contributed by atoms with Crippen molar-refractivity contribution in [3.05, 3.63) is 53.4 Å². The second-order valence-electron chi connectivity index (χ2n) is 7.85. The lowest BCUT2D eigenvalue weighted by molar-refractivity contribution is -0.132. The summed E-state index contributed by atoms with van der Waals surface area (Å²) in [4.78, 5) is 24.2. The molecule has 0 aliphatic carbocycles. The van der Waals surface area contributed by atoms with Crippen molar-refractivity contribution < 1.29 is 18.8 Å². The third-order valence-electron chi connectivity index (χ3n) is 5.83. The number of amides is 1. The standard InChI is InChI=1S/C24H24N4O4S/c1-30-18-10-9-15(14-19(18)31-2)23-26-21(32-27-23)11-12-22(29)28-13-5-7-17(28)24-25-16-6-3-4-8-20(16)33-24/h3-4,6,8-10,14,17H,5,7,11-13H2,1-2H3/t17-/m1/s1. The summed E-state index contributed by atoms with van der Waals surface area (Å²) in [7, 11) is 3.16. The molecule has 1 fully saturated rings. The molecule has 1 atom stereocenters. The maximum atomic E-state index is 13.0. The molecule has 0 radical (unpaired) electrons. The van der Waals surface area contributed by atoms with Gasteiger partial charge in [-0.1, -0.05) is 17.3 Å². The van der Waals surface area contributed by atoms with Crippen LogP contribution in [0.4, 0.5) is 0 Å². The minimum Gasteiger partial charge on any atom is -0.493 e. The smallest absolute Gasteiger partial charge is 0.227 e. The summed E-state index contributed by atoms with van der Waals surface area (Å²) in [5.41, 5.74) is 1.75. The van der Waals surface area contributed by atoms with Crippen LogP contribution >= 0.6 is 11.3 Å². The summed E-state index contributed by atoms with van der Waals surface area (Å²) in [6.07, 6.45) is 2.63. The number of ether oxygens (including phenoxy) is 2. The van der Waals surface area contributed by atoms with Gasteiger partial charge in [0.25, 0.3) is 0 Å². The van der Waals surface area contributed by atoms with Gasteiger partial charge in [0, 0.05) is 24.9 Å². The number of aromatic nitrogens is 3. The number of hydrogen-bond acceptors (Lipinski definition) is 8. The first-order valence-electron chi connectivity index (χ1n) is 10.9. The van der Waals surface area contributed by atoms with Gasteiger partial charge in [0.05, 0.1) is 30.5 Å². The molecule has 8 nitrogen and oxygen atoms in total. The molecule has 0 N–H and O–H groups in total. The summed E-state index contributed by atoms with van der Waals surface area (Å²) in [6.45, 7) is 0.750. The van der Waals surface area contributed by atoms with E-state index in [1.807, 2.05) is 29.2 Å². The van der Waals surface area contributed by atoms with Crippen LogP contribution in [0.25, 0.3) is 21.6 Å². The topological polar surface area (TPSA) is 90.6 Å².